The molecule has 4 rings (SSSR count). The van der Waals surface area contributed by atoms with Crippen molar-refractivity contribution in [1.82, 2.24) is 0 Å². The van der Waals surface area contributed by atoms with Gasteiger partial charge in [0.25, 0.3) is 0 Å². The molecule has 0 radical (unpaired) electrons. The van der Waals surface area contributed by atoms with Crippen molar-refractivity contribution >= 4 is 20.1 Å². The van der Waals surface area contributed by atoms with Gasteiger partial charge in [-0.3, -0.25) is 0 Å². The van der Waals surface area contributed by atoms with Crippen LogP contribution in [0.4, 0.5) is 0 Å². The van der Waals surface area contributed by atoms with Crippen LogP contribution in [0.25, 0.3) is 0 Å². The summed E-state index contributed by atoms with van der Waals surface area (Å²) in [5.41, 5.74) is 0. The van der Waals surface area contributed by atoms with Crippen LogP contribution in [0.1, 0.15) is 26.2 Å². The van der Waals surface area contributed by atoms with E-state index in [-0.39, 0.29) is 4.20 Å². The SMILES string of the molecule is CC(CC1CO1)C(CC1CO1)(CC1CO1)[AsH]c1ccccc1O. The van der Waals surface area contributed by atoms with Crippen molar-refractivity contribution in [2.75, 3.05) is 19.8 Å². The minimum absolute atomic E-state index is 0.229. The Labute approximate surface area is 144 Å². The zero-order valence-electron chi connectivity index (χ0n) is 13.5. The Kier molecular flexibility index (Phi) is 4.44. The van der Waals surface area contributed by atoms with Crippen molar-refractivity contribution in [3.63, 3.8) is 0 Å². The standard InChI is InChI=1S/C18H25AsO4/c1-12(6-13-9-21-13)18(7-14-10-22-14,8-15-11-23-15)19-16-4-2-3-5-17(16)20/h2-5,12-15,19-20H,6-11H2,1H3. The summed E-state index contributed by atoms with van der Waals surface area (Å²) in [7, 11) is 0. The van der Waals surface area contributed by atoms with Gasteiger partial charge in [0.1, 0.15) is 0 Å². The van der Waals surface area contributed by atoms with E-state index in [1.54, 1.807) is 0 Å². The van der Waals surface area contributed by atoms with E-state index < -0.39 is 15.8 Å². The van der Waals surface area contributed by atoms with Gasteiger partial charge in [-0.15, -0.1) is 0 Å². The fourth-order valence-electron chi connectivity index (χ4n) is 3.57. The average molecular weight is 380 g/mol. The number of benzene rings is 1. The molecule has 3 saturated heterocycles. The van der Waals surface area contributed by atoms with E-state index in [9.17, 15) is 5.11 Å². The van der Waals surface area contributed by atoms with Gasteiger partial charge < -0.3 is 0 Å². The van der Waals surface area contributed by atoms with Crippen molar-refractivity contribution in [3.05, 3.63) is 24.3 Å². The Morgan fingerprint density at radius 1 is 1.09 bits per heavy atom. The molecule has 3 aliphatic heterocycles. The van der Waals surface area contributed by atoms with Crippen LogP contribution in [-0.4, -0.2) is 59.0 Å². The van der Waals surface area contributed by atoms with Crippen LogP contribution >= 0.6 is 0 Å². The Morgan fingerprint density at radius 3 is 2.17 bits per heavy atom. The number of rotatable bonds is 9. The number of hydrogen-bond donors (Lipinski definition) is 1. The van der Waals surface area contributed by atoms with Crippen LogP contribution in [-0.2, 0) is 14.2 Å². The van der Waals surface area contributed by atoms with Crippen molar-refractivity contribution in [2.24, 2.45) is 5.92 Å². The molecular weight excluding hydrogens is 355 g/mol. The Bertz CT molecular complexity index is 538. The van der Waals surface area contributed by atoms with Crippen LogP contribution in [0.3, 0.4) is 0 Å². The third-order valence-corrected chi connectivity index (χ3v) is 9.63. The first-order valence-corrected chi connectivity index (χ1v) is 10.7. The molecule has 0 aromatic heterocycles. The van der Waals surface area contributed by atoms with Crippen LogP contribution < -0.4 is 4.35 Å². The molecule has 5 heteroatoms. The van der Waals surface area contributed by atoms with Crippen LogP contribution in [0.2, 0.25) is 4.20 Å². The summed E-state index contributed by atoms with van der Waals surface area (Å²) in [5.74, 6) is 1.03. The van der Waals surface area contributed by atoms with E-state index in [0.29, 0.717) is 30.0 Å². The summed E-state index contributed by atoms with van der Waals surface area (Å²) in [6.45, 7) is 5.08. The van der Waals surface area contributed by atoms with Gasteiger partial charge in [-0.05, 0) is 0 Å². The molecule has 1 N–H and O–H groups in total. The number of phenols is 1. The number of hydrogen-bond acceptors (Lipinski definition) is 4. The first-order chi connectivity index (χ1) is 11.1. The summed E-state index contributed by atoms with van der Waals surface area (Å²) in [6.07, 6.45) is 4.60. The van der Waals surface area contributed by atoms with Gasteiger partial charge in [-0.2, -0.15) is 0 Å². The Hall–Kier alpha value is -0.542. The van der Waals surface area contributed by atoms with Gasteiger partial charge in [-0.25, -0.2) is 0 Å². The molecule has 4 nitrogen and oxygen atoms in total. The second-order valence-electron chi connectivity index (χ2n) is 7.21. The summed E-state index contributed by atoms with van der Waals surface area (Å²) in [4.78, 5) is 0. The molecule has 3 heterocycles. The molecule has 23 heavy (non-hydrogen) atoms. The normalized spacial score (nSPS) is 32.7. The Morgan fingerprint density at radius 2 is 1.65 bits per heavy atom. The van der Waals surface area contributed by atoms with Gasteiger partial charge >= 0.3 is 144 Å². The van der Waals surface area contributed by atoms with E-state index in [1.165, 1.54) is 0 Å². The monoisotopic (exact) mass is 380 g/mol. The van der Waals surface area contributed by atoms with Gasteiger partial charge in [0, 0.05) is 0 Å². The predicted octanol–water partition coefficient (Wildman–Crippen LogP) is 1.62. The molecule has 3 fully saturated rings. The molecule has 3 aliphatic rings. The van der Waals surface area contributed by atoms with Gasteiger partial charge in [0.05, 0.1) is 0 Å². The second kappa shape index (κ2) is 6.40. The van der Waals surface area contributed by atoms with Gasteiger partial charge in [0.15, 0.2) is 0 Å². The molecule has 5 unspecified atom stereocenters. The molecule has 126 valence electrons. The second-order valence-corrected chi connectivity index (χ2v) is 11.0. The van der Waals surface area contributed by atoms with E-state index >= 15 is 0 Å². The van der Waals surface area contributed by atoms with Crippen molar-refractivity contribution in [3.8, 4) is 5.75 Å². The number of para-hydroxylation sites is 1. The van der Waals surface area contributed by atoms with Gasteiger partial charge in [-0.1, -0.05) is 0 Å². The maximum absolute atomic E-state index is 10.3. The maximum atomic E-state index is 10.3. The molecule has 0 saturated carbocycles. The fraction of sp³-hybridized carbons (Fsp3) is 0.667. The molecule has 1 aromatic carbocycles. The first-order valence-electron chi connectivity index (χ1n) is 8.55. The van der Waals surface area contributed by atoms with E-state index in [4.69, 9.17) is 14.2 Å². The van der Waals surface area contributed by atoms with E-state index in [0.717, 1.165) is 43.4 Å². The van der Waals surface area contributed by atoms with Crippen LogP contribution in [0.15, 0.2) is 24.3 Å². The molecule has 0 aliphatic carbocycles. The molecule has 5 atom stereocenters. The van der Waals surface area contributed by atoms with E-state index in [2.05, 4.69) is 13.0 Å². The summed E-state index contributed by atoms with van der Waals surface area (Å²) in [5, 5.41) is 10.3. The quantitative estimate of drug-likeness (QED) is 0.523. The first kappa shape index (κ1) is 16.0. The summed E-state index contributed by atoms with van der Waals surface area (Å²) < 4.78 is 18.1. The zero-order chi connectivity index (χ0) is 15.9. The molecule has 0 bridgehead atoms. The number of aromatic hydroxyl groups is 1. The van der Waals surface area contributed by atoms with Crippen molar-refractivity contribution in [2.45, 2.75) is 48.7 Å². The third-order valence-electron chi connectivity index (χ3n) is 5.24. The molecule has 0 amide bonds. The summed E-state index contributed by atoms with van der Waals surface area (Å²) in [6, 6.07) is 7.87. The number of phenolic OH excluding ortho intramolecular Hbond substituents is 1. The van der Waals surface area contributed by atoms with Crippen molar-refractivity contribution < 1.29 is 19.3 Å². The molecule has 0 spiro atoms. The Balaban J connectivity index is 1.59. The predicted molar refractivity (Wildman–Crippen MR) is 89.8 cm³/mol. The van der Waals surface area contributed by atoms with Gasteiger partial charge in [0.2, 0.25) is 0 Å². The third kappa shape index (κ3) is 4.11. The van der Waals surface area contributed by atoms with Crippen LogP contribution in [0, 0.1) is 5.92 Å². The minimum atomic E-state index is -0.512. The fourth-order valence-corrected chi connectivity index (χ4v) is 7.66. The summed E-state index contributed by atoms with van der Waals surface area (Å²) >= 11 is -0.512. The molecule has 1 aromatic rings. The topological polar surface area (TPSA) is 57.8 Å². The van der Waals surface area contributed by atoms with Crippen LogP contribution in [0.5, 0.6) is 5.75 Å². The molecular formula is C18H25AsO4. The zero-order valence-corrected chi connectivity index (χ0v) is 15.6. The average Bonchev–Trinajstić information content (AvgIpc) is 3.32. The number of epoxide rings is 3. The van der Waals surface area contributed by atoms with Crippen molar-refractivity contribution in [1.29, 1.82) is 0 Å². The number of ether oxygens (including phenoxy) is 3. The van der Waals surface area contributed by atoms with E-state index in [1.807, 2.05) is 18.2 Å².